The van der Waals surface area contributed by atoms with Gasteiger partial charge in [-0.2, -0.15) is 0 Å². The Morgan fingerprint density at radius 3 is 2.13 bits per heavy atom. The fourth-order valence-corrected chi connectivity index (χ4v) is 2.81. The van der Waals surface area contributed by atoms with Gasteiger partial charge >= 0.3 is 11.9 Å². The lowest BCUT2D eigenvalue weighted by molar-refractivity contribution is -0.384. The van der Waals surface area contributed by atoms with Gasteiger partial charge in [0.2, 0.25) is 0 Å². The molecule has 1 amide bonds. The lowest BCUT2D eigenvalue weighted by Crippen LogP contribution is -2.46. The summed E-state index contributed by atoms with van der Waals surface area (Å²) in [7, 11) is 2.28. The van der Waals surface area contributed by atoms with E-state index in [1.54, 1.807) is 0 Å². The average molecular weight is 418 g/mol. The van der Waals surface area contributed by atoms with Crippen LogP contribution in [0.2, 0.25) is 0 Å². The molecule has 158 valence electrons. The molecule has 2 atom stereocenters. The van der Waals surface area contributed by atoms with Gasteiger partial charge in [0.05, 0.1) is 25.6 Å². The third kappa shape index (κ3) is 5.60. The van der Waals surface area contributed by atoms with Crippen molar-refractivity contribution in [3.05, 3.63) is 75.6 Å². The Labute approximate surface area is 170 Å². The van der Waals surface area contributed by atoms with E-state index in [-0.39, 0.29) is 17.7 Å². The second kappa shape index (κ2) is 10.1. The molecular formula is C20H19FN2O7. The molecule has 2 rings (SSSR count). The number of hydrogen-bond donors (Lipinski definition) is 1. The highest BCUT2D eigenvalue weighted by Gasteiger charge is 2.34. The van der Waals surface area contributed by atoms with E-state index < -0.39 is 40.5 Å². The first-order chi connectivity index (χ1) is 14.3. The number of non-ortho nitro benzene ring substituents is 1. The molecule has 10 heteroatoms. The Balaban J connectivity index is 2.40. The second-order valence-electron chi connectivity index (χ2n) is 6.22. The maximum atomic E-state index is 13.1. The molecule has 0 bridgehead atoms. The Kier molecular flexibility index (Phi) is 7.56. The zero-order valence-corrected chi connectivity index (χ0v) is 16.2. The molecule has 0 radical (unpaired) electrons. The van der Waals surface area contributed by atoms with E-state index in [4.69, 9.17) is 4.74 Å². The molecule has 0 saturated heterocycles. The van der Waals surface area contributed by atoms with Gasteiger partial charge in [-0.15, -0.1) is 0 Å². The Bertz CT molecular complexity index is 929. The largest absolute Gasteiger partial charge is 0.469 e. The summed E-state index contributed by atoms with van der Waals surface area (Å²) in [6.07, 6.45) is -0.308. The number of amides is 1. The van der Waals surface area contributed by atoms with Crippen LogP contribution in [0.4, 0.5) is 10.1 Å². The predicted octanol–water partition coefficient (Wildman–Crippen LogP) is 2.35. The third-order valence-corrected chi connectivity index (χ3v) is 4.40. The van der Waals surface area contributed by atoms with E-state index in [0.717, 1.165) is 19.2 Å². The van der Waals surface area contributed by atoms with E-state index in [1.165, 1.54) is 43.5 Å². The summed E-state index contributed by atoms with van der Waals surface area (Å²) in [5.74, 6) is -3.66. The monoisotopic (exact) mass is 418 g/mol. The molecule has 1 N–H and O–H groups in total. The van der Waals surface area contributed by atoms with Crippen molar-refractivity contribution < 1.29 is 33.2 Å². The molecule has 0 spiro atoms. The number of carbonyl (C=O) groups is 3. The zero-order chi connectivity index (χ0) is 22.3. The van der Waals surface area contributed by atoms with Crippen LogP contribution in [0.5, 0.6) is 0 Å². The smallest absolute Gasteiger partial charge is 0.329 e. The maximum absolute atomic E-state index is 13.1. The summed E-state index contributed by atoms with van der Waals surface area (Å²) in [6, 6.07) is 8.53. The van der Waals surface area contributed by atoms with Crippen molar-refractivity contribution in [1.29, 1.82) is 0 Å². The summed E-state index contributed by atoms with van der Waals surface area (Å²) >= 11 is 0. The number of benzene rings is 2. The molecule has 0 fully saturated rings. The maximum Gasteiger partial charge on any atom is 0.329 e. The Morgan fingerprint density at radius 2 is 1.63 bits per heavy atom. The molecule has 0 aliphatic carbocycles. The lowest BCUT2D eigenvalue weighted by atomic mass is 9.88. The van der Waals surface area contributed by atoms with Gasteiger partial charge < -0.3 is 14.8 Å². The van der Waals surface area contributed by atoms with E-state index >= 15 is 0 Å². The first-order valence-electron chi connectivity index (χ1n) is 8.72. The van der Waals surface area contributed by atoms with Gasteiger partial charge in [-0.1, -0.05) is 12.1 Å². The minimum atomic E-state index is -1.31. The Morgan fingerprint density at radius 1 is 1.03 bits per heavy atom. The van der Waals surface area contributed by atoms with Crippen LogP contribution in [-0.2, 0) is 19.1 Å². The van der Waals surface area contributed by atoms with Crippen molar-refractivity contribution in [2.45, 2.75) is 18.4 Å². The number of halogens is 1. The van der Waals surface area contributed by atoms with Gasteiger partial charge in [0.1, 0.15) is 11.9 Å². The fourth-order valence-electron chi connectivity index (χ4n) is 2.81. The minimum Gasteiger partial charge on any atom is -0.469 e. The molecule has 0 aliphatic rings. The predicted molar refractivity (Wildman–Crippen MR) is 102 cm³/mol. The molecule has 0 unspecified atom stereocenters. The molecule has 0 aromatic heterocycles. The van der Waals surface area contributed by atoms with Crippen molar-refractivity contribution in [2.75, 3.05) is 14.2 Å². The van der Waals surface area contributed by atoms with Crippen LogP contribution >= 0.6 is 0 Å². The van der Waals surface area contributed by atoms with E-state index in [2.05, 4.69) is 10.1 Å². The lowest BCUT2D eigenvalue weighted by Gasteiger charge is -2.26. The van der Waals surface area contributed by atoms with Crippen molar-refractivity contribution in [2.24, 2.45) is 0 Å². The van der Waals surface area contributed by atoms with Crippen LogP contribution in [0.1, 0.15) is 28.3 Å². The van der Waals surface area contributed by atoms with Crippen molar-refractivity contribution >= 4 is 23.5 Å². The number of carbonyl (C=O) groups excluding carboxylic acids is 3. The second-order valence-corrected chi connectivity index (χ2v) is 6.22. The third-order valence-electron chi connectivity index (χ3n) is 4.40. The molecule has 2 aromatic rings. The number of nitro benzene ring substituents is 1. The van der Waals surface area contributed by atoms with Crippen molar-refractivity contribution in [1.82, 2.24) is 5.32 Å². The van der Waals surface area contributed by atoms with Gasteiger partial charge in [-0.3, -0.25) is 19.7 Å². The number of nitro groups is 1. The number of nitrogens with one attached hydrogen (secondary N) is 1. The van der Waals surface area contributed by atoms with Gasteiger partial charge in [-0.25, -0.2) is 9.18 Å². The summed E-state index contributed by atoms with van der Waals surface area (Å²) in [5.41, 5.74) is 0.284. The van der Waals surface area contributed by atoms with Crippen LogP contribution in [-0.4, -0.2) is 43.0 Å². The van der Waals surface area contributed by atoms with Crippen LogP contribution in [0.3, 0.4) is 0 Å². The SMILES string of the molecule is COC(=O)C[C@@H](c1ccc([N+](=O)[O-])cc1)[C@H](NC(=O)c1ccc(F)cc1)C(=O)OC. The first-order valence-corrected chi connectivity index (χ1v) is 8.72. The highest BCUT2D eigenvalue weighted by atomic mass is 19.1. The Hall–Kier alpha value is -3.82. The molecule has 30 heavy (non-hydrogen) atoms. The molecular weight excluding hydrogens is 399 g/mol. The van der Waals surface area contributed by atoms with Crippen LogP contribution in [0, 0.1) is 15.9 Å². The number of nitrogens with zero attached hydrogens (tertiary/aromatic N) is 1. The number of methoxy groups -OCH3 is 2. The highest BCUT2D eigenvalue weighted by molar-refractivity contribution is 5.97. The van der Waals surface area contributed by atoms with E-state index in [1.807, 2.05) is 0 Å². The number of hydrogen-bond acceptors (Lipinski definition) is 7. The summed E-state index contributed by atoms with van der Waals surface area (Å²) in [5, 5.41) is 13.4. The van der Waals surface area contributed by atoms with E-state index in [0.29, 0.717) is 5.56 Å². The summed E-state index contributed by atoms with van der Waals surface area (Å²) in [6.45, 7) is 0. The van der Waals surface area contributed by atoms with Gasteiger partial charge in [0.15, 0.2) is 0 Å². The minimum absolute atomic E-state index is 0.0887. The standard InChI is InChI=1S/C20H19FN2O7/c1-29-17(24)11-16(12-5-9-15(10-6-12)23(27)28)18(20(26)30-2)22-19(25)13-3-7-14(21)8-4-13/h3-10,16,18H,11H2,1-2H3,(H,22,25)/t16-,18-/m0/s1. The average Bonchev–Trinajstić information content (AvgIpc) is 2.75. The molecule has 2 aromatic carbocycles. The highest BCUT2D eigenvalue weighted by Crippen LogP contribution is 2.27. The summed E-state index contributed by atoms with van der Waals surface area (Å²) in [4.78, 5) is 47.3. The van der Waals surface area contributed by atoms with E-state index in [9.17, 15) is 28.9 Å². The number of rotatable bonds is 8. The van der Waals surface area contributed by atoms with Gasteiger partial charge in [0.25, 0.3) is 11.6 Å². The normalized spacial score (nSPS) is 12.4. The van der Waals surface area contributed by atoms with Crippen LogP contribution in [0.15, 0.2) is 48.5 Å². The quantitative estimate of drug-likeness (QED) is 0.396. The van der Waals surface area contributed by atoms with Crippen molar-refractivity contribution in [3.8, 4) is 0 Å². The zero-order valence-electron chi connectivity index (χ0n) is 16.2. The number of esters is 2. The van der Waals surface area contributed by atoms with Gasteiger partial charge in [-0.05, 0) is 29.8 Å². The number of ether oxygens (including phenoxy) is 2. The molecule has 0 heterocycles. The molecule has 0 saturated carbocycles. The fraction of sp³-hybridized carbons (Fsp3) is 0.250. The first kappa shape index (κ1) is 22.5. The topological polar surface area (TPSA) is 125 Å². The molecule has 9 nitrogen and oxygen atoms in total. The molecule has 0 aliphatic heterocycles. The van der Waals surface area contributed by atoms with Crippen LogP contribution < -0.4 is 5.32 Å². The van der Waals surface area contributed by atoms with Gasteiger partial charge in [0, 0.05) is 23.6 Å². The summed E-state index contributed by atoms with van der Waals surface area (Å²) < 4.78 is 22.6. The van der Waals surface area contributed by atoms with Crippen LogP contribution in [0.25, 0.3) is 0 Å². The van der Waals surface area contributed by atoms with Crippen molar-refractivity contribution in [3.63, 3.8) is 0 Å².